The number of benzene rings is 2. The molecule has 2 heterocycles. The Morgan fingerprint density at radius 2 is 1.48 bits per heavy atom. The third kappa shape index (κ3) is 2.44. The van der Waals surface area contributed by atoms with Gasteiger partial charge in [0.2, 0.25) is 0 Å². The van der Waals surface area contributed by atoms with Crippen molar-refractivity contribution in [2.75, 3.05) is 14.2 Å². The zero-order valence-electron chi connectivity index (χ0n) is 16.6. The normalized spacial score (nSPS) is 30.9. The van der Waals surface area contributed by atoms with Gasteiger partial charge in [0.05, 0.1) is 0 Å². The number of hydrogen-bond donors (Lipinski definition) is 0. The Morgan fingerprint density at radius 3 is 2.04 bits per heavy atom. The van der Waals surface area contributed by atoms with Crippen molar-refractivity contribution in [3.63, 3.8) is 0 Å². The fourth-order valence-electron chi connectivity index (χ4n) is 4.55. The molecule has 3 atom stereocenters. The number of allylic oxidation sites excluding steroid dienone is 2. The third-order valence-electron chi connectivity index (χ3n) is 6.19. The van der Waals surface area contributed by atoms with Crippen LogP contribution in [0, 0.1) is 0 Å². The van der Waals surface area contributed by atoms with Gasteiger partial charge in [-0.1, -0.05) is 0 Å². The van der Waals surface area contributed by atoms with E-state index >= 15 is 0 Å². The fourth-order valence-corrected chi connectivity index (χ4v) is 9.73. The van der Waals surface area contributed by atoms with Gasteiger partial charge in [-0.15, -0.1) is 0 Å². The van der Waals surface area contributed by atoms with Crippen LogP contribution in [-0.4, -0.2) is 24.9 Å². The van der Waals surface area contributed by atoms with Gasteiger partial charge in [-0.2, -0.15) is 0 Å². The van der Waals surface area contributed by atoms with E-state index in [4.69, 9.17) is 13.6 Å². The molecule has 2 aromatic carbocycles. The van der Waals surface area contributed by atoms with Crippen LogP contribution in [0.25, 0.3) is 0 Å². The van der Waals surface area contributed by atoms with Crippen molar-refractivity contribution < 1.29 is 13.6 Å². The van der Waals surface area contributed by atoms with Crippen LogP contribution >= 0.6 is 7.43 Å². The maximum atomic E-state index is 6.94. The van der Waals surface area contributed by atoms with Crippen LogP contribution in [0.1, 0.15) is 43.7 Å². The van der Waals surface area contributed by atoms with Crippen molar-refractivity contribution in [2.24, 2.45) is 0 Å². The number of nitrogens with zero attached hydrogens (tertiary/aromatic N) is 1. The van der Waals surface area contributed by atoms with E-state index in [0.29, 0.717) is 0 Å². The molecule has 27 heavy (non-hydrogen) atoms. The van der Waals surface area contributed by atoms with Crippen molar-refractivity contribution in [3.05, 3.63) is 83.1 Å². The van der Waals surface area contributed by atoms with E-state index in [9.17, 15) is 0 Å². The van der Waals surface area contributed by atoms with Gasteiger partial charge in [0.15, 0.2) is 0 Å². The predicted octanol–water partition coefficient (Wildman–Crippen LogP) is 6.00. The molecule has 3 unspecified atom stereocenters. The molecule has 1 fully saturated rings. The van der Waals surface area contributed by atoms with Gasteiger partial charge in [0.1, 0.15) is 0 Å². The second kappa shape index (κ2) is 6.42. The van der Waals surface area contributed by atoms with E-state index in [0.717, 1.165) is 11.3 Å². The minimum atomic E-state index is -3.65. The van der Waals surface area contributed by atoms with E-state index in [1.807, 2.05) is 19.1 Å². The summed E-state index contributed by atoms with van der Waals surface area (Å²) in [5.41, 5.74) is 3.42. The average molecular weight is 385 g/mol. The first-order valence-corrected chi connectivity index (χ1v) is 11.4. The second-order valence-electron chi connectivity index (χ2n) is 7.48. The molecule has 0 saturated carbocycles. The van der Waals surface area contributed by atoms with Crippen molar-refractivity contribution in [1.82, 2.24) is 4.67 Å². The molecule has 0 radical (unpaired) electrons. The van der Waals surface area contributed by atoms with Gasteiger partial charge in [-0.25, -0.2) is 0 Å². The zero-order valence-corrected chi connectivity index (χ0v) is 17.5. The molecule has 0 aromatic heterocycles. The molecule has 0 amide bonds. The molecule has 0 aliphatic carbocycles. The quantitative estimate of drug-likeness (QED) is 0.606. The molecule has 0 N–H and O–H groups in total. The molecule has 144 valence electrons. The summed E-state index contributed by atoms with van der Waals surface area (Å²) in [7, 11) is 0.164. The molecular formula is C22H28NO3P. The molecule has 1 spiro atoms. The standard InChI is InChI=1S/C22H28NO3P/c1-16-18(3)25-27(24-5,22(16)20-14-10-7-11-15-20)23(4)17(2)21(26-27)19-12-8-6-9-13-19/h6-15,17,21-22H,1-5H3. The van der Waals surface area contributed by atoms with E-state index in [1.54, 1.807) is 7.11 Å². The Labute approximate surface area is 162 Å². The van der Waals surface area contributed by atoms with E-state index in [-0.39, 0.29) is 17.8 Å². The van der Waals surface area contributed by atoms with Crippen LogP contribution in [0.4, 0.5) is 0 Å². The summed E-state index contributed by atoms with van der Waals surface area (Å²) in [6.07, 6.45) is -0.112. The fraction of sp³-hybridized carbons (Fsp3) is 0.364. The van der Waals surface area contributed by atoms with Gasteiger partial charge in [0, 0.05) is 0 Å². The van der Waals surface area contributed by atoms with E-state index in [2.05, 4.69) is 74.1 Å². The van der Waals surface area contributed by atoms with Crippen LogP contribution in [0.5, 0.6) is 0 Å². The van der Waals surface area contributed by atoms with Gasteiger partial charge in [-0.05, 0) is 0 Å². The van der Waals surface area contributed by atoms with Gasteiger partial charge in [-0.3, -0.25) is 0 Å². The number of likely N-dealkylation sites (N-methyl/N-ethyl adjacent to an activating group) is 1. The molecular weight excluding hydrogens is 357 g/mol. The topological polar surface area (TPSA) is 30.9 Å². The monoisotopic (exact) mass is 385 g/mol. The van der Waals surface area contributed by atoms with Gasteiger partial charge < -0.3 is 0 Å². The SMILES string of the molecule is COP12(OC(C)=C(C)C1c1ccccc1)OC(c1ccccc1)C(C)N2C. The summed E-state index contributed by atoms with van der Waals surface area (Å²) in [5.74, 6) is 0.899. The first-order valence-electron chi connectivity index (χ1n) is 9.41. The minimum absolute atomic E-state index is 0.0663. The van der Waals surface area contributed by atoms with Crippen LogP contribution in [0.3, 0.4) is 0 Å². The van der Waals surface area contributed by atoms with Crippen molar-refractivity contribution in [2.45, 2.75) is 38.6 Å². The summed E-state index contributed by atoms with van der Waals surface area (Å²) in [4.78, 5) is 0. The number of rotatable bonds is 3. The zero-order chi connectivity index (χ0) is 19.3. The summed E-state index contributed by atoms with van der Waals surface area (Å²) in [6, 6.07) is 20.9. The summed E-state index contributed by atoms with van der Waals surface area (Å²) < 4.78 is 22.2. The molecule has 4 rings (SSSR count). The molecule has 4 nitrogen and oxygen atoms in total. The van der Waals surface area contributed by atoms with E-state index in [1.165, 1.54) is 11.1 Å². The Kier molecular flexibility index (Phi) is 4.44. The third-order valence-corrected chi connectivity index (χ3v) is 11.1. The Morgan fingerprint density at radius 1 is 0.926 bits per heavy atom. The second-order valence-corrected chi connectivity index (χ2v) is 11.2. The predicted molar refractivity (Wildman–Crippen MR) is 110 cm³/mol. The number of hydrogen-bond acceptors (Lipinski definition) is 4. The Bertz CT molecular complexity index is 872. The van der Waals surface area contributed by atoms with Gasteiger partial charge >= 0.3 is 162 Å². The average Bonchev–Trinajstić information content (AvgIpc) is 3.07. The molecule has 2 aliphatic rings. The van der Waals surface area contributed by atoms with Crippen LogP contribution in [0.2, 0.25) is 0 Å². The van der Waals surface area contributed by atoms with Gasteiger partial charge in [0.25, 0.3) is 0 Å². The van der Waals surface area contributed by atoms with Crippen LogP contribution < -0.4 is 0 Å². The Hall–Kier alpha value is -1.71. The summed E-state index contributed by atoms with van der Waals surface area (Å²) in [6.45, 7) is 6.33. The first kappa shape index (κ1) is 18.6. The van der Waals surface area contributed by atoms with E-state index < -0.39 is 7.43 Å². The summed E-state index contributed by atoms with van der Waals surface area (Å²) >= 11 is 0. The van der Waals surface area contributed by atoms with Crippen molar-refractivity contribution in [3.8, 4) is 0 Å². The molecule has 1 saturated heterocycles. The Balaban J connectivity index is 1.90. The van der Waals surface area contributed by atoms with Crippen LogP contribution in [0.15, 0.2) is 72.0 Å². The summed E-state index contributed by atoms with van der Waals surface area (Å²) in [5, 5.41) is 0. The molecule has 2 aliphatic heterocycles. The molecule has 2 aromatic rings. The van der Waals surface area contributed by atoms with Crippen LogP contribution in [-0.2, 0) is 13.6 Å². The van der Waals surface area contributed by atoms with Crippen molar-refractivity contribution >= 4 is 7.43 Å². The molecule has 0 bridgehead atoms. The first-order chi connectivity index (χ1) is 12.9. The maximum absolute atomic E-state index is 6.94. The van der Waals surface area contributed by atoms with Crippen molar-refractivity contribution in [1.29, 1.82) is 0 Å². The molecule has 5 heteroatoms.